The average molecular weight is 273 g/mol. The van der Waals surface area contributed by atoms with E-state index in [9.17, 15) is 4.79 Å². The zero-order chi connectivity index (χ0) is 13.2. The number of rotatable bonds is 2. The molecule has 3 rings (SSSR count). The van der Waals surface area contributed by atoms with Gasteiger partial charge in [0.1, 0.15) is 0 Å². The maximum absolute atomic E-state index is 12.1. The number of aromatic nitrogens is 1. The van der Waals surface area contributed by atoms with E-state index in [1.807, 2.05) is 18.2 Å². The first kappa shape index (κ1) is 12.2. The molecule has 0 unspecified atom stereocenters. The molecule has 3 nitrogen and oxygen atoms in total. The van der Waals surface area contributed by atoms with E-state index in [2.05, 4.69) is 10.3 Å². The summed E-state index contributed by atoms with van der Waals surface area (Å²) in [5.41, 5.74) is 2.98. The summed E-state index contributed by atoms with van der Waals surface area (Å²) in [6.07, 6.45) is 5.12. The lowest BCUT2D eigenvalue weighted by Crippen LogP contribution is -2.27. The molecule has 0 fully saturated rings. The zero-order valence-electron chi connectivity index (χ0n) is 10.3. The van der Waals surface area contributed by atoms with E-state index in [1.165, 1.54) is 5.56 Å². The monoisotopic (exact) mass is 272 g/mol. The van der Waals surface area contributed by atoms with Crippen LogP contribution < -0.4 is 5.32 Å². The molecule has 1 aromatic heterocycles. The number of benzene rings is 1. The lowest BCUT2D eigenvalue weighted by Gasteiger charge is -2.14. The average Bonchev–Trinajstić information content (AvgIpc) is 2.82. The molecule has 1 aliphatic rings. The molecule has 19 heavy (non-hydrogen) atoms. The van der Waals surface area contributed by atoms with E-state index in [1.54, 1.807) is 24.5 Å². The van der Waals surface area contributed by atoms with Crippen LogP contribution in [0.3, 0.4) is 0 Å². The fraction of sp³-hybridized carbons (Fsp3) is 0.200. The Labute approximate surface area is 116 Å². The third-order valence-electron chi connectivity index (χ3n) is 3.41. The molecule has 1 N–H and O–H groups in total. The second-order valence-electron chi connectivity index (χ2n) is 4.65. The number of aryl methyl sites for hydroxylation is 1. The standard InChI is InChI=1S/C15H13ClN2O/c16-12-5-3-10-4-6-14(13(10)8-12)18-15(19)11-2-1-7-17-9-11/h1-3,5,7-9,14H,4,6H2,(H,18,19)/t14-/m1/s1. The molecule has 2 aromatic rings. The summed E-state index contributed by atoms with van der Waals surface area (Å²) < 4.78 is 0. The van der Waals surface area contributed by atoms with E-state index in [0.717, 1.165) is 18.4 Å². The molecular formula is C15H13ClN2O. The summed E-state index contributed by atoms with van der Waals surface area (Å²) in [5.74, 6) is -0.0917. The summed E-state index contributed by atoms with van der Waals surface area (Å²) in [6, 6.07) is 9.43. The molecule has 0 saturated carbocycles. The minimum atomic E-state index is -0.0917. The molecule has 0 spiro atoms. The fourth-order valence-electron chi connectivity index (χ4n) is 2.46. The van der Waals surface area contributed by atoms with Gasteiger partial charge in [0, 0.05) is 17.4 Å². The number of nitrogens with zero attached hydrogens (tertiary/aromatic N) is 1. The highest BCUT2D eigenvalue weighted by molar-refractivity contribution is 6.30. The second kappa shape index (κ2) is 5.02. The number of hydrogen-bond donors (Lipinski definition) is 1. The van der Waals surface area contributed by atoms with E-state index in [0.29, 0.717) is 10.6 Å². The van der Waals surface area contributed by atoms with E-state index < -0.39 is 0 Å². The highest BCUT2D eigenvalue weighted by Crippen LogP contribution is 2.33. The Bertz CT molecular complexity index is 613. The maximum atomic E-state index is 12.1. The molecule has 1 amide bonds. The van der Waals surface area contributed by atoms with Crippen molar-refractivity contribution in [3.63, 3.8) is 0 Å². The van der Waals surface area contributed by atoms with Crippen LogP contribution in [0.5, 0.6) is 0 Å². The SMILES string of the molecule is O=C(N[C@@H]1CCc2ccc(Cl)cc21)c1cccnc1. The highest BCUT2D eigenvalue weighted by atomic mass is 35.5. The van der Waals surface area contributed by atoms with Gasteiger partial charge in [-0.2, -0.15) is 0 Å². The predicted molar refractivity (Wildman–Crippen MR) is 74.2 cm³/mol. The summed E-state index contributed by atoms with van der Waals surface area (Å²) in [5, 5.41) is 3.75. The largest absolute Gasteiger partial charge is 0.345 e. The molecule has 0 bridgehead atoms. The number of nitrogens with one attached hydrogen (secondary N) is 1. The van der Waals surface area contributed by atoms with Crippen LogP contribution >= 0.6 is 11.6 Å². The number of fused-ring (bicyclic) bond motifs is 1. The zero-order valence-corrected chi connectivity index (χ0v) is 11.0. The van der Waals surface area contributed by atoms with Gasteiger partial charge in [0.25, 0.3) is 5.91 Å². The number of hydrogen-bond acceptors (Lipinski definition) is 2. The molecule has 0 saturated heterocycles. The maximum Gasteiger partial charge on any atom is 0.253 e. The lowest BCUT2D eigenvalue weighted by molar-refractivity contribution is 0.0936. The van der Waals surface area contributed by atoms with Crippen molar-refractivity contribution in [1.82, 2.24) is 10.3 Å². The molecule has 1 heterocycles. The Morgan fingerprint density at radius 2 is 2.26 bits per heavy atom. The first-order valence-corrected chi connectivity index (χ1v) is 6.61. The number of halogens is 1. The molecule has 1 aliphatic carbocycles. The van der Waals surface area contributed by atoms with Gasteiger partial charge >= 0.3 is 0 Å². The molecule has 0 radical (unpaired) electrons. The van der Waals surface area contributed by atoms with Gasteiger partial charge < -0.3 is 5.32 Å². The Morgan fingerprint density at radius 3 is 3.05 bits per heavy atom. The number of carbonyl (C=O) groups is 1. The van der Waals surface area contributed by atoms with Crippen molar-refractivity contribution in [3.05, 3.63) is 64.4 Å². The van der Waals surface area contributed by atoms with Gasteiger partial charge in [-0.25, -0.2) is 0 Å². The molecule has 4 heteroatoms. The van der Waals surface area contributed by atoms with Crippen LogP contribution in [0, 0.1) is 0 Å². The van der Waals surface area contributed by atoms with Crippen molar-refractivity contribution in [1.29, 1.82) is 0 Å². The van der Waals surface area contributed by atoms with Crippen molar-refractivity contribution in [2.75, 3.05) is 0 Å². The highest BCUT2D eigenvalue weighted by Gasteiger charge is 2.24. The topological polar surface area (TPSA) is 42.0 Å². The van der Waals surface area contributed by atoms with E-state index in [4.69, 9.17) is 11.6 Å². The fourth-order valence-corrected chi connectivity index (χ4v) is 2.64. The smallest absolute Gasteiger partial charge is 0.253 e. The summed E-state index contributed by atoms with van der Waals surface area (Å²) >= 11 is 6.02. The second-order valence-corrected chi connectivity index (χ2v) is 5.09. The normalized spacial score (nSPS) is 17.0. The molecule has 1 atom stereocenters. The first-order valence-electron chi connectivity index (χ1n) is 6.23. The summed E-state index contributed by atoms with van der Waals surface area (Å²) in [4.78, 5) is 16.1. The van der Waals surface area contributed by atoms with E-state index in [-0.39, 0.29) is 11.9 Å². The van der Waals surface area contributed by atoms with Crippen molar-refractivity contribution < 1.29 is 4.79 Å². The van der Waals surface area contributed by atoms with Crippen molar-refractivity contribution in [2.24, 2.45) is 0 Å². The minimum Gasteiger partial charge on any atom is -0.345 e. The molecule has 1 aromatic carbocycles. The van der Waals surface area contributed by atoms with Gasteiger partial charge in [0.05, 0.1) is 11.6 Å². The third-order valence-corrected chi connectivity index (χ3v) is 3.65. The third kappa shape index (κ3) is 2.47. The van der Waals surface area contributed by atoms with Crippen molar-refractivity contribution in [2.45, 2.75) is 18.9 Å². The molecular weight excluding hydrogens is 260 g/mol. The quantitative estimate of drug-likeness (QED) is 0.912. The van der Waals surface area contributed by atoms with E-state index >= 15 is 0 Å². The van der Waals surface area contributed by atoms with Crippen LogP contribution in [-0.4, -0.2) is 10.9 Å². The van der Waals surface area contributed by atoms with Gasteiger partial charge in [-0.05, 0) is 48.2 Å². The lowest BCUT2D eigenvalue weighted by atomic mass is 10.1. The van der Waals surface area contributed by atoms with Crippen molar-refractivity contribution >= 4 is 17.5 Å². The Kier molecular flexibility index (Phi) is 3.22. The van der Waals surface area contributed by atoms with Crippen LogP contribution in [0.4, 0.5) is 0 Å². The van der Waals surface area contributed by atoms with Crippen LogP contribution in [-0.2, 0) is 6.42 Å². The number of amides is 1. The Hall–Kier alpha value is -1.87. The van der Waals surface area contributed by atoms with Crippen molar-refractivity contribution in [3.8, 4) is 0 Å². The first-order chi connectivity index (χ1) is 9.24. The summed E-state index contributed by atoms with van der Waals surface area (Å²) in [7, 11) is 0. The van der Waals surface area contributed by atoms with Crippen LogP contribution in [0.1, 0.15) is 33.9 Å². The van der Waals surface area contributed by atoms with Crippen LogP contribution in [0.15, 0.2) is 42.7 Å². The minimum absolute atomic E-state index is 0.0430. The predicted octanol–water partition coefficient (Wildman–Crippen LogP) is 3.15. The van der Waals surface area contributed by atoms with Gasteiger partial charge in [-0.15, -0.1) is 0 Å². The Morgan fingerprint density at radius 1 is 1.37 bits per heavy atom. The molecule has 96 valence electrons. The summed E-state index contributed by atoms with van der Waals surface area (Å²) in [6.45, 7) is 0. The number of carbonyl (C=O) groups excluding carboxylic acids is 1. The molecule has 0 aliphatic heterocycles. The van der Waals surface area contributed by atoms with Gasteiger partial charge in [-0.1, -0.05) is 17.7 Å². The van der Waals surface area contributed by atoms with Gasteiger partial charge in [-0.3, -0.25) is 9.78 Å². The van der Waals surface area contributed by atoms with Crippen LogP contribution in [0.2, 0.25) is 5.02 Å². The van der Waals surface area contributed by atoms with Gasteiger partial charge in [0.15, 0.2) is 0 Å². The number of pyridine rings is 1. The van der Waals surface area contributed by atoms with Crippen LogP contribution in [0.25, 0.3) is 0 Å². The van der Waals surface area contributed by atoms with Gasteiger partial charge in [0.2, 0.25) is 0 Å². The Balaban J connectivity index is 1.80.